The molecule has 0 aliphatic heterocycles. The highest BCUT2D eigenvalue weighted by Crippen LogP contribution is 2.19. The molecular weight excluding hydrogens is 354 g/mol. The lowest BCUT2D eigenvalue weighted by Gasteiger charge is -2.13. The normalized spacial score (nSPS) is 13.4. The molecule has 1 aliphatic carbocycles. The number of hydrogen-bond acceptors (Lipinski definition) is 4. The van der Waals surface area contributed by atoms with E-state index in [9.17, 15) is 9.59 Å². The van der Waals surface area contributed by atoms with E-state index in [4.69, 9.17) is 4.74 Å². The van der Waals surface area contributed by atoms with Crippen molar-refractivity contribution in [2.45, 2.75) is 32.1 Å². The Kier molecular flexibility index (Phi) is 6.78. The molecule has 1 aromatic heterocycles. The second-order valence-electron chi connectivity index (χ2n) is 6.71. The molecule has 1 aliphatic rings. The smallest absolute Gasteiger partial charge is 0.274 e. The Morgan fingerprint density at radius 2 is 1.86 bits per heavy atom. The lowest BCUT2D eigenvalue weighted by Crippen LogP contribution is -2.26. The molecule has 0 bridgehead atoms. The van der Waals surface area contributed by atoms with E-state index >= 15 is 0 Å². The van der Waals surface area contributed by atoms with E-state index < -0.39 is 0 Å². The van der Waals surface area contributed by atoms with Crippen molar-refractivity contribution in [3.05, 3.63) is 65.5 Å². The zero-order chi connectivity index (χ0) is 19.8. The first-order valence-electron chi connectivity index (χ1n) is 9.54. The van der Waals surface area contributed by atoms with Gasteiger partial charge in [0.25, 0.3) is 11.8 Å². The highest BCUT2D eigenvalue weighted by molar-refractivity contribution is 6.03. The number of amides is 2. The Morgan fingerprint density at radius 1 is 1.07 bits per heavy atom. The number of hydrogen-bond donors (Lipinski definition) is 2. The summed E-state index contributed by atoms with van der Waals surface area (Å²) in [7, 11) is 1.56. The van der Waals surface area contributed by atoms with Gasteiger partial charge in [0.05, 0.1) is 7.11 Å². The van der Waals surface area contributed by atoms with Crippen LogP contribution in [0.3, 0.4) is 0 Å². The predicted molar refractivity (Wildman–Crippen MR) is 109 cm³/mol. The van der Waals surface area contributed by atoms with E-state index in [1.807, 2.05) is 0 Å². The van der Waals surface area contributed by atoms with Gasteiger partial charge in [-0.3, -0.25) is 9.59 Å². The van der Waals surface area contributed by atoms with Crippen LogP contribution in [-0.2, 0) is 0 Å². The number of nitrogens with one attached hydrogen (secondary N) is 2. The maximum atomic E-state index is 12.5. The average molecular weight is 379 g/mol. The largest absolute Gasteiger partial charge is 0.497 e. The molecule has 0 saturated heterocycles. The summed E-state index contributed by atoms with van der Waals surface area (Å²) in [5.74, 6) is -0.00493. The summed E-state index contributed by atoms with van der Waals surface area (Å²) >= 11 is 0. The Labute approximate surface area is 165 Å². The first-order valence-corrected chi connectivity index (χ1v) is 9.54. The maximum Gasteiger partial charge on any atom is 0.274 e. The minimum atomic E-state index is -0.379. The number of benzene rings is 1. The van der Waals surface area contributed by atoms with Crippen LogP contribution >= 0.6 is 0 Å². The summed E-state index contributed by atoms with van der Waals surface area (Å²) < 4.78 is 5.15. The van der Waals surface area contributed by atoms with Crippen LogP contribution in [0.5, 0.6) is 5.75 Å². The summed E-state index contributed by atoms with van der Waals surface area (Å²) in [4.78, 5) is 29.0. The quantitative estimate of drug-likeness (QED) is 0.714. The van der Waals surface area contributed by atoms with Gasteiger partial charge >= 0.3 is 0 Å². The number of aromatic nitrogens is 1. The molecule has 6 heteroatoms. The highest BCUT2D eigenvalue weighted by atomic mass is 16.5. The van der Waals surface area contributed by atoms with Gasteiger partial charge in [0.15, 0.2) is 0 Å². The molecular formula is C22H25N3O3. The van der Waals surface area contributed by atoms with Crippen molar-refractivity contribution >= 4 is 17.5 Å². The van der Waals surface area contributed by atoms with Crippen molar-refractivity contribution in [3.8, 4) is 5.75 Å². The summed E-state index contributed by atoms with van der Waals surface area (Å²) in [5, 5.41) is 5.65. The lowest BCUT2D eigenvalue weighted by molar-refractivity contribution is 0.0949. The summed E-state index contributed by atoms with van der Waals surface area (Å²) in [6.07, 6.45) is 7.87. The van der Waals surface area contributed by atoms with Gasteiger partial charge in [0.2, 0.25) is 0 Å². The molecule has 1 aromatic carbocycles. The second kappa shape index (κ2) is 9.69. The number of carbonyl (C=O) groups excluding carboxylic acids is 2. The van der Waals surface area contributed by atoms with Gasteiger partial charge in [-0.15, -0.1) is 0 Å². The topological polar surface area (TPSA) is 80.3 Å². The van der Waals surface area contributed by atoms with Gasteiger partial charge in [-0.2, -0.15) is 0 Å². The minimum Gasteiger partial charge on any atom is -0.497 e. The highest BCUT2D eigenvalue weighted by Gasteiger charge is 2.13. The van der Waals surface area contributed by atoms with Gasteiger partial charge in [0, 0.05) is 18.3 Å². The van der Waals surface area contributed by atoms with Gasteiger partial charge in [0.1, 0.15) is 17.1 Å². The average Bonchev–Trinajstić information content (AvgIpc) is 2.74. The zero-order valence-electron chi connectivity index (χ0n) is 16.0. The fraction of sp³-hybridized carbons (Fsp3) is 0.318. The first-order chi connectivity index (χ1) is 13.7. The number of pyridine rings is 1. The summed E-state index contributed by atoms with van der Waals surface area (Å²) in [5.41, 5.74) is 2.43. The van der Waals surface area contributed by atoms with Crippen LogP contribution in [0, 0.1) is 0 Å². The van der Waals surface area contributed by atoms with Crippen molar-refractivity contribution in [2.24, 2.45) is 0 Å². The molecule has 2 N–H and O–H groups in total. The molecule has 6 nitrogen and oxygen atoms in total. The van der Waals surface area contributed by atoms with Crippen LogP contribution in [-0.4, -0.2) is 30.5 Å². The van der Waals surface area contributed by atoms with Gasteiger partial charge in [-0.05, 0) is 56.4 Å². The molecule has 2 aromatic rings. The number of nitrogens with zero attached hydrogens (tertiary/aromatic N) is 1. The number of carbonyl (C=O) groups is 2. The Morgan fingerprint density at radius 3 is 2.61 bits per heavy atom. The number of ether oxygens (including phenoxy) is 1. The maximum absolute atomic E-state index is 12.5. The zero-order valence-corrected chi connectivity index (χ0v) is 16.0. The van der Waals surface area contributed by atoms with Crippen molar-refractivity contribution in [3.63, 3.8) is 0 Å². The van der Waals surface area contributed by atoms with Gasteiger partial charge < -0.3 is 15.4 Å². The first kappa shape index (κ1) is 19.6. The van der Waals surface area contributed by atoms with Crippen LogP contribution < -0.4 is 15.4 Å². The lowest BCUT2D eigenvalue weighted by atomic mass is 9.97. The molecule has 2 amide bonds. The third-order valence-electron chi connectivity index (χ3n) is 4.66. The molecule has 0 radical (unpaired) electrons. The van der Waals surface area contributed by atoms with Crippen LogP contribution in [0.4, 0.5) is 5.69 Å². The molecule has 146 valence electrons. The number of rotatable bonds is 7. The van der Waals surface area contributed by atoms with Crippen molar-refractivity contribution in [2.75, 3.05) is 19.0 Å². The van der Waals surface area contributed by atoms with Crippen molar-refractivity contribution in [1.82, 2.24) is 10.3 Å². The monoisotopic (exact) mass is 379 g/mol. The molecule has 3 rings (SSSR count). The summed E-state index contributed by atoms with van der Waals surface area (Å²) in [6, 6.07) is 11.9. The predicted octanol–water partition coefficient (Wildman–Crippen LogP) is 3.96. The number of allylic oxidation sites excluding steroid dienone is 1. The van der Waals surface area contributed by atoms with Crippen LogP contribution in [0.1, 0.15) is 53.1 Å². The Hall–Kier alpha value is -3.15. The van der Waals surface area contributed by atoms with E-state index in [1.165, 1.54) is 18.4 Å². The van der Waals surface area contributed by atoms with Crippen LogP contribution in [0.25, 0.3) is 0 Å². The molecule has 28 heavy (non-hydrogen) atoms. The minimum absolute atomic E-state index is 0.186. The fourth-order valence-electron chi connectivity index (χ4n) is 3.14. The standard InChI is InChI=1S/C22H25N3O3/c1-28-18-10-5-9-17(15-18)24-22(27)20-12-6-11-19(25-20)21(26)23-14-13-16-7-3-2-4-8-16/h5-7,9-12,15H,2-4,8,13-14H2,1H3,(H,23,26)(H,24,27). The van der Waals surface area contributed by atoms with E-state index in [0.717, 1.165) is 19.3 Å². The van der Waals surface area contributed by atoms with Gasteiger partial charge in [-0.25, -0.2) is 4.98 Å². The van der Waals surface area contributed by atoms with E-state index in [1.54, 1.807) is 49.6 Å². The molecule has 0 unspecified atom stereocenters. The second-order valence-corrected chi connectivity index (χ2v) is 6.71. The Balaban J connectivity index is 1.58. The molecule has 0 fully saturated rings. The molecule has 1 heterocycles. The molecule has 0 saturated carbocycles. The third-order valence-corrected chi connectivity index (χ3v) is 4.66. The van der Waals surface area contributed by atoms with Crippen molar-refractivity contribution < 1.29 is 14.3 Å². The van der Waals surface area contributed by atoms with E-state index in [0.29, 0.717) is 18.0 Å². The van der Waals surface area contributed by atoms with Crippen molar-refractivity contribution in [1.29, 1.82) is 0 Å². The SMILES string of the molecule is COc1cccc(NC(=O)c2cccc(C(=O)NCCC3=CCCCC3)n2)c1. The number of anilines is 1. The summed E-state index contributed by atoms with van der Waals surface area (Å²) in [6.45, 7) is 0.576. The fourth-order valence-corrected chi connectivity index (χ4v) is 3.14. The van der Waals surface area contributed by atoms with E-state index in [-0.39, 0.29) is 23.2 Å². The number of methoxy groups -OCH3 is 1. The Bertz CT molecular complexity index is 877. The van der Waals surface area contributed by atoms with E-state index in [2.05, 4.69) is 21.7 Å². The third kappa shape index (κ3) is 5.42. The van der Waals surface area contributed by atoms with Crippen LogP contribution in [0.2, 0.25) is 0 Å². The molecule has 0 atom stereocenters. The molecule has 0 spiro atoms. The van der Waals surface area contributed by atoms with Crippen LogP contribution in [0.15, 0.2) is 54.1 Å². The van der Waals surface area contributed by atoms with Gasteiger partial charge in [-0.1, -0.05) is 23.8 Å².